The first kappa shape index (κ1) is 14.0. The number of nitrogens with one attached hydrogen (secondary N) is 1. The lowest BCUT2D eigenvalue weighted by Gasteiger charge is -2.08. The van der Waals surface area contributed by atoms with Crippen LogP contribution in [0.4, 0.5) is 5.69 Å². The summed E-state index contributed by atoms with van der Waals surface area (Å²) in [7, 11) is 0. The monoisotopic (exact) mass is 290 g/mol. The van der Waals surface area contributed by atoms with Crippen LogP contribution >= 0.6 is 11.6 Å². The molecule has 1 aromatic heterocycles. The summed E-state index contributed by atoms with van der Waals surface area (Å²) in [5.74, 6) is -1.65. The van der Waals surface area contributed by atoms with Crippen LogP contribution in [0.5, 0.6) is 0 Å². The zero-order valence-corrected chi connectivity index (χ0v) is 11.3. The minimum Gasteiger partial charge on any atom is -0.476 e. The molecule has 0 aliphatic heterocycles. The van der Waals surface area contributed by atoms with Crippen LogP contribution in [0.15, 0.2) is 36.5 Å². The van der Waals surface area contributed by atoms with Gasteiger partial charge in [0, 0.05) is 16.8 Å². The van der Waals surface area contributed by atoms with Crippen molar-refractivity contribution in [1.82, 2.24) is 4.98 Å². The molecule has 2 rings (SSSR count). The third kappa shape index (κ3) is 2.95. The maximum atomic E-state index is 12.1. The number of hydrogen-bond donors (Lipinski definition) is 2. The highest BCUT2D eigenvalue weighted by Crippen LogP contribution is 2.19. The van der Waals surface area contributed by atoms with Gasteiger partial charge in [0.25, 0.3) is 5.91 Å². The lowest BCUT2D eigenvalue weighted by atomic mass is 10.1. The number of amides is 1. The number of benzene rings is 1. The number of aryl methyl sites for hydroxylation is 1. The average molecular weight is 291 g/mol. The number of rotatable bonds is 3. The lowest BCUT2D eigenvalue weighted by Crippen LogP contribution is -2.15. The number of halogens is 1. The van der Waals surface area contributed by atoms with E-state index >= 15 is 0 Å². The molecule has 6 heteroatoms. The van der Waals surface area contributed by atoms with E-state index in [1.54, 1.807) is 18.2 Å². The van der Waals surface area contributed by atoms with E-state index in [2.05, 4.69) is 10.3 Å². The predicted molar refractivity (Wildman–Crippen MR) is 75.3 cm³/mol. The number of anilines is 1. The fraction of sp³-hybridized carbons (Fsp3) is 0.0714. The Morgan fingerprint density at radius 1 is 1.30 bits per heavy atom. The molecule has 0 bridgehead atoms. The zero-order chi connectivity index (χ0) is 14.7. The Bertz CT molecular complexity index is 686. The Hall–Kier alpha value is -2.40. The molecule has 0 spiro atoms. The molecule has 0 fully saturated rings. The van der Waals surface area contributed by atoms with Crippen LogP contribution in [0.1, 0.15) is 26.4 Å². The number of aromatic carboxylic acids is 1. The van der Waals surface area contributed by atoms with E-state index in [1.807, 2.05) is 6.92 Å². The molecule has 102 valence electrons. The summed E-state index contributed by atoms with van der Waals surface area (Å²) < 4.78 is 0. The van der Waals surface area contributed by atoms with Gasteiger partial charge in [0.2, 0.25) is 0 Å². The number of nitrogens with zero attached hydrogens (tertiary/aromatic N) is 1. The van der Waals surface area contributed by atoms with Crippen LogP contribution in [-0.4, -0.2) is 22.0 Å². The summed E-state index contributed by atoms with van der Waals surface area (Å²) in [6, 6.07) is 7.89. The van der Waals surface area contributed by atoms with Gasteiger partial charge in [-0.3, -0.25) is 4.79 Å². The van der Waals surface area contributed by atoms with Gasteiger partial charge in [-0.1, -0.05) is 17.7 Å². The molecule has 20 heavy (non-hydrogen) atoms. The van der Waals surface area contributed by atoms with Gasteiger partial charge in [-0.25, -0.2) is 9.78 Å². The number of carboxylic acid groups (broad SMARTS) is 1. The van der Waals surface area contributed by atoms with Crippen LogP contribution < -0.4 is 5.32 Å². The number of pyridine rings is 1. The number of hydrogen-bond acceptors (Lipinski definition) is 3. The molecule has 2 aromatic rings. The molecule has 0 atom stereocenters. The Labute approximate surface area is 120 Å². The quantitative estimate of drug-likeness (QED) is 0.911. The molecule has 1 heterocycles. The molecule has 0 saturated carbocycles. The highest BCUT2D eigenvalue weighted by Gasteiger charge is 2.14. The number of carboxylic acids is 1. The summed E-state index contributed by atoms with van der Waals surface area (Å²) >= 11 is 5.96. The van der Waals surface area contributed by atoms with Crippen molar-refractivity contribution in [3.63, 3.8) is 0 Å². The number of carbonyl (C=O) groups is 2. The summed E-state index contributed by atoms with van der Waals surface area (Å²) in [4.78, 5) is 26.8. The standard InChI is InChI=1S/C14H11ClN2O3/c1-8-4-5-9(7-10(8)15)13(18)17-11-3-2-6-16-12(11)14(19)20/h2-7H,1H3,(H,17,18)(H,19,20). The second-order valence-corrected chi connectivity index (χ2v) is 4.53. The fourth-order valence-electron chi connectivity index (χ4n) is 1.61. The molecular weight excluding hydrogens is 280 g/mol. The SMILES string of the molecule is Cc1ccc(C(=O)Nc2cccnc2C(=O)O)cc1Cl. The third-order valence-corrected chi connectivity index (χ3v) is 3.10. The molecule has 2 N–H and O–H groups in total. The van der Waals surface area contributed by atoms with Crippen LogP contribution in [0.3, 0.4) is 0 Å². The summed E-state index contributed by atoms with van der Waals surface area (Å²) in [6.07, 6.45) is 1.35. The molecule has 0 saturated heterocycles. The van der Waals surface area contributed by atoms with Crippen molar-refractivity contribution in [2.75, 3.05) is 5.32 Å². The van der Waals surface area contributed by atoms with Crippen molar-refractivity contribution in [2.24, 2.45) is 0 Å². The molecule has 0 radical (unpaired) electrons. The molecule has 0 aliphatic rings. The van der Waals surface area contributed by atoms with Crippen molar-refractivity contribution in [2.45, 2.75) is 6.92 Å². The van der Waals surface area contributed by atoms with Gasteiger partial charge in [-0.05, 0) is 36.8 Å². The van der Waals surface area contributed by atoms with Gasteiger partial charge in [0.1, 0.15) is 0 Å². The van der Waals surface area contributed by atoms with Crippen molar-refractivity contribution in [3.8, 4) is 0 Å². The van der Waals surface area contributed by atoms with Crippen LogP contribution in [-0.2, 0) is 0 Å². The van der Waals surface area contributed by atoms with E-state index in [1.165, 1.54) is 18.3 Å². The van der Waals surface area contributed by atoms with Gasteiger partial charge in [-0.2, -0.15) is 0 Å². The number of carbonyl (C=O) groups excluding carboxylic acids is 1. The highest BCUT2D eigenvalue weighted by molar-refractivity contribution is 6.31. The van der Waals surface area contributed by atoms with E-state index < -0.39 is 11.9 Å². The first-order valence-corrected chi connectivity index (χ1v) is 6.12. The Balaban J connectivity index is 2.28. The first-order valence-electron chi connectivity index (χ1n) is 5.75. The molecular formula is C14H11ClN2O3. The molecule has 1 amide bonds. The van der Waals surface area contributed by atoms with Crippen molar-refractivity contribution in [1.29, 1.82) is 0 Å². The van der Waals surface area contributed by atoms with Gasteiger partial charge in [0.15, 0.2) is 5.69 Å². The van der Waals surface area contributed by atoms with Gasteiger partial charge in [-0.15, -0.1) is 0 Å². The minimum atomic E-state index is -1.21. The van der Waals surface area contributed by atoms with Crippen LogP contribution in [0.25, 0.3) is 0 Å². The van der Waals surface area contributed by atoms with Crippen molar-refractivity contribution >= 4 is 29.2 Å². The van der Waals surface area contributed by atoms with Gasteiger partial charge in [0.05, 0.1) is 5.69 Å². The van der Waals surface area contributed by atoms with E-state index in [0.29, 0.717) is 10.6 Å². The summed E-state index contributed by atoms with van der Waals surface area (Å²) in [5, 5.41) is 12.0. The molecule has 0 aliphatic carbocycles. The summed E-state index contributed by atoms with van der Waals surface area (Å²) in [5.41, 5.74) is 1.14. The first-order chi connectivity index (χ1) is 9.49. The van der Waals surface area contributed by atoms with Crippen molar-refractivity contribution in [3.05, 3.63) is 58.4 Å². The minimum absolute atomic E-state index is 0.140. The topological polar surface area (TPSA) is 79.3 Å². The van der Waals surface area contributed by atoms with Crippen molar-refractivity contribution < 1.29 is 14.7 Å². The Kier molecular flexibility index (Phi) is 4.00. The summed E-state index contributed by atoms with van der Waals surface area (Å²) in [6.45, 7) is 1.83. The van der Waals surface area contributed by atoms with E-state index in [-0.39, 0.29) is 11.4 Å². The maximum absolute atomic E-state index is 12.1. The predicted octanol–water partition coefficient (Wildman–Crippen LogP) is 2.99. The van der Waals surface area contributed by atoms with Gasteiger partial charge < -0.3 is 10.4 Å². The Morgan fingerprint density at radius 2 is 2.05 bits per heavy atom. The molecule has 1 aromatic carbocycles. The third-order valence-electron chi connectivity index (χ3n) is 2.69. The lowest BCUT2D eigenvalue weighted by molar-refractivity contribution is 0.0692. The maximum Gasteiger partial charge on any atom is 0.356 e. The highest BCUT2D eigenvalue weighted by atomic mass is 35.5. The fourth-order valence-corrected chi connectivity index (χ4v) is 1.79. The van der Waals surface area contributed by atoms with E-state index in [4.69, 9.17) is 16.7 Å². The largest absolute Gasteiger partial charge is 0.476 e. The normalized spacial score (nSPS) is 10.1. The molecule has 5 nitrogen and oxygen atoms in total. The smallest absolute Gasteiger partial charge is 0.356 e. The van der Waals surface area contributed by atoms with E-state index in [0.717, 1.165) is 5.56 Å². The van der Waals surface area contributed by atoms with Crippen LogP contribution in [0.2, 0.25) is 5.02 Å². The number of aromatic nitrogens is 1. The van der Waals surface area contributed by atoms with Gasteiger partial charge >= 0.3 is 5.97 Å². The zero-order valence-electron chi connectivity index (χ0n) is 10.6. The second-order valence-electron chi connectivity index (χ2n) is 4.12. The van der Waals surface area contributed by atoms with Crippen LogP contribution in [0, 0.1) is 6.92 Å². The second kappa shape index (κ2) is 5.71. The average Bonchev–Trinajstić information content (AvgIpc) is 2.42. The Morgan fingerprint density at radius 3 is 2.70 bits per heavy atom. The van der Waals surface area contributed by atoms with E-state index in [9.17, 15) is 9.59 Å². The molecule has 0 unspecified atom stereocenters.